The first kappa shape index (κ1) is 9.61. The summed E-state index contributed by atoms with van der Waals surface area (Å²) in [5.74, 6) is -1.22. The van der Waals surface area contributed by atoms with Crippen molar-refractivity contribution in [1.29, 1.82) is 0 Å². The van der Waals surface area contributed by atoms with Crippen molar-refractivity contribution in [2.75, 3.05) is 7.11 Å². The molecule has 1 aromatic rings. The summed E-state index contributed by atoms with van der Waals surface area (Å²) in [6.45, 7) is 0. The van der Waals surface area contributed by atoms with E-state index < -0.39 is 11.6 Å². The first-order chi connectivity index (χ1) is 5.57. The van der Waals surface area contributed by atoms with E-state index in [2.05, 4.69) is 15.9 Å². The van der Waals surface area contributed by atoms with E-state index in [1.807, 2.05) is 0 Å². The Morgan fingerprint density at radius 1 is 1.67 bits per heavy atom. The predicted octanol–water partition coefficient (Wildman–Crippen LogP) is 2.96. The lowest BCUT2D eigenvalue weighted by Crippen LogP contribution is -1.88. The Hall–Kier alpha value is -0.480. The molecule has 0 saturated carbocycles. The zero-order chi connectivity index (χ0) is 9.30. The van der Waals surface area contributed by atoms with Gasteiger partial charge in [0.25, 0.3) is 0 Å². The molecule has 0 saturated heterocycles. The average molecular weight is 255 g/mol. The molecule has 0 aliphatic heterocycles. The van der Waals surface area contributed by atoms with E-state index in [1.54, 1.807) is 0 Å². The minimum atomic E-state index is -0.886. The lowest BCUT2D eigenvalue weighted by atomic mass is 10.3. The van der Waals surface area contributed by atoms with E-state index in [0.29, 0.717) is 0 Å². The standard InChI is InChI=1S/C7H5BrClFO2/c1-12-4-2-3(8)7(11)6(10)5(4)9/h2,11H,1H3. The summed E-state index contributed by atoms with van der Waals surface area (Å²) in [7, 11) is 1.37. The first-order valence-electron chi connectivity index (χ1n) is 2.98. The normalized spacial score (nSPS) is 10.0. The Bertz CT molecular complexity index is 317. The summed E-state index contributed by atoms with van der Waals surface area (Å²) in [4.78, 5) is 0. The molecule has 0 bridgehead atoms. The van der Waals surface area contributed by atoms with Crippen molar-refractivity contribution in [1.82, 2.24) is 0 Å². The van der Waals surface area contributed by atoms with Crippen LogP contribution >= 0.6 is 27.5 Å². The van der Waals surface area contributed by atoms with Gasteiger partial charge in [-0.25, -0.2) is 4.39 Å². The Morgan fingerprint density at radius 3 is 2.75 bits per heavy atom. The molecule has 0 atom stereocenters. The molecule has 0 spiro atoms. The van der Waals surface area contributed by atoms with Crippen LogP contribution in [0.25, 0.3) is 0 Å². The van der Waals surface area contributed by atoms with Crippen LogP contribution in [0.15, 0.2) is 10.5 Å². The van der Waals surface area contributed by atoms with Gasteiger partial charge in [0.05, 0.1) is 11.6 Å². The van der Waals surface area contributed by atoms with Crippen molar-refractivity contribution < 1.29 is 14.2 Å². The lowest BCUT2D eigenvalue weighted by molar-refractivity contribution is 0.398. The molecule has 1 N–H and O–H groups in total. The van der Waals surface area contributed by atoms with Crippen LogP contribution in [0.1, 0.15) is 0 Å². The van der Waals surface area contributed by atoms with Crippen molar-refractivity contribution in [3.63, 3.8) is 0 Å². The molecule has 0 aromatic heterocycles. The minimum Gasteiger partial charge on any atom is -0.504 e. The zero-order valence-electron chi connectivity index (χ0n) is 6.07. The first-order valence-corrected chi connectivity index (χ1v) is 4.15. The maximum atomic E-state index is 12.9. The summed E-state index contributed by atoms with van der Waals surface area (Å²) in [5.41, 5.74) is 0. The molecular weight excluding hydrogens is 250 g/mol. The van der Waals surface area contributed by atoms with E-state index in [0.717, 1.165) is 0 Å². The van der Waals surface area contributed by atoms with E-state index in [-0.39, 0.29) is 15.2 Å². The second-order valence-corrected chi connectivity index (χ2v) is 3.27. The number of methoxy groups -OCH3 is 1. The van der Waals surface area contributed by atoms with Crippen molar-refractivity contribution in [2.24, 2.45) is 0 Å². The molecule has 0 aliphatic rings. The fourth-order valence-corrected chi connectivity index (χ4v) is 1.32. The van der Waals surface area contributed by atoms with Crippen LogP contribution in [0.3, 0.4) is 0 Å². The van der Waals surface area contributed by atoms with Crippen molar-refractivity contribution in [2.45, 2.75) is 0 Å². The summed E-state index contributed by atoms with van der Waals surface area (Å²) in [6.07, 6.45) is 0. The molecule has 0 unspecified atom stereocenters. The van der Waals surface area contributed by atoms with E-state index in [9.17, 15) is 4.39 Å². The van der Waals surface area contributed by atoms with Crippen LogP contribution in [0.2, 0.25) is 5.02 Å². The van der Waals surface area contributed by atoms with Crippen LogP contribution in [-0.4, -0.2) is 12.2 Å². The molecule has 5 heteroatoms. The van der Waals surface area contributed by atoms with Gasteiger partial charge < -0.3 is 9.84 Å². The van der Waals surface area contributed by atoms with Gasteiger partial charge in [0.2, 0.25) is 0 Å². The molecule has 0 heterocycles. The van der Waals surface area contributed by atoms with Crippen LogP contribution < -0.4 is 4.74 Å². The highest BCUT2D eigenvalue weighted by Crippen LogP contribution is 2.38. The number of phenols is 1. The number of benzene rings is 1. The number of halogens is 3. The third-order valence-corrected chi connectivity index (χ3v) is 2.28. The van der Waals surface area contributed by atoms with Gasteiger partial charge in [-0.05, 0) is 22.0 Å². The van der Waals surface area contributed by atoms with Gasteiger partial charge in [0.1, 0.15) is 10.8 Å². The van der Waals surface area contributed by atoms with Crippen LogP contribution in [0.5, 0.6) is 11.5 Å². The van der Waals surface area contributed by atoms with Gasteiger partial charge in [-0.1, -0.05) is 11.6 Å². The second-order valence-electron chi connectivity index (χ2n) is 2.04. The molecule has 0 aliphatic carbocycles. The maximum Gasteiger partial charge on any atom is 0.188 e. The molecule has 66 valence electrons. The molecule has 12 heavy (non-hydrogen) atoms. The lowest BCUT2D eigenvalue weighted by Gasteiger charge is -2.06. The molecular formula is C7H5BrClFO2. The van der Waals surface area contributed by atoms with Gasteiger partial charge in [-0.3, -0.25) is 0 Å². The second kappa shape index (κ2) is 3.49. The smallest absolute Gasteiger partial charge is 0.188 e. The number of ether oxygens (including phenoxy) is 1. The highest BCUT2D eigenvalue weighted by Gasteiger charge is 2.15. The quantitative estimate of drug-likeness (QED) is 0.782. The van der Waals surface area contributed by atoms with Gasteiger partial charge in [0.15, 0.2) is 11.6 Å². The number of rotatable bonds is 1. The molecule has 1 rings (SSSR count). The fraction of sp³-hybridized carbons (Fsp3) is 0.143. The summed E-state index contributed by atoms with van der Waals surface area (Å²) >= 11 is 8.43. The highest BCUT2D eigenvalue weighted by atomic mass is 79.9. The molecule has 0 fully saturated rings. The van der Waals surface area contributed by atoms with Gasteiger partial charge >= 0.3 is 0 Å². The number of hydrogen-bond acceptors (Lipinski definition) is 2. The fourth-order valence-electron chi connectivity index (χ4n) is 0.712. The maximum absolute atomic E-state index is 12.9. The summed E-state index contributed by atoms with van der Waals surface area (Å²) < 4.78 is 17.9. The van der Waals surface area contributed by atoms with Crippen molar-refractivity contribution in [3.8, 4) is 11.5 Å². The van der Waals surface area contributed by atoms with Crippen LogP contribution in [0, 0.1) is 5.82 Å². The third kappa shape index (κ3) is 1.49. The SMILES string of the molecule is COc1cc(Br)c(O)c(F)c1Cl. The van der Waals surface area contributed by atoms with Gasteiger partial charge in [0, 0.05) is 0 Å². The molecule has 1 aromatic carbocycles. The average Bonchev–Trinajstić information content (AvgIpc) is 2.08. The van der Waals surface area contributed by atoms with Crippen molar-refractivity contribution >= 4 is 27.5 Å². The Balaban J connectivity index is 3.39. The van der Waals surface area contributed by atoms with Gasteiger partial charge in [-0.2, -0.15) is 0 Å². The van der Waals surface area contributed by atoms with Crippen LogP contribution in [0.4, 0.5) is 4.39 Å². The topological polar surface area (TPSA) is 29.5 Å². The molecule has 0 amide bonds. The van der Waals surface area contributed by atoms with Crippen molar-refractivity contribution in [3.05, 3.63) is 21.4 Å². The number of hydrogen-bond donors (Lipinski definition) is 1. The highest BCUT2D eigenvalue weighted by molar-refractivity contribution is 9.10. The Labute approximate surface area is 82.0 Å². The van der Waals surface area contributed by atoms with E-state index in [4.69, 9.17) is 21.4 Å². The number of phenolic OH excluding ortho intramolecular Hbond substituents is 1. The molecule has 2 nitrogen and oxygen atoms in total. The summed E-state index contributed by atoms with van der Waals surface area (Å²) in [6, 6.07) is 1.39. The monoisotopic (exact) mass is 254 g/mol. The zero-order valence-corrected chi connectivity index (χ0v) is 8.41. The molecule has 0 radical (unpaired) electrons. The van der Waals surface area contributed by atoms with Crippen LogP contribution in [-0.2, 0) is 0 Å². The minimum absolute atomic E-state index is 0.179. The largest absolute Gasteiger partial charge is 0.504 e. The predicted molar refractivity (Wildman–Crippen MR) is 47.3 cm³/mol. The Kier molecular flexibility index (Phi) is 2.80. The third-order valence-electron chi connectivity index (χ3n) is 1.32. The van der Waals surface area contributed by atoms with Gasteiger partial charge in [-0.15, -0.1) is 0 Å². The van der Waals surface area contributed by atoms with E-state index in [1.165, 1.54) is 13.2 Å². The number of aromatic hydroxyl groups is 1. The van der Waals surface area contributed by atoms with E-state index >= 15 is 0 Å². The summed E-state index contributed by atoms with van der Waals surface area (Å²) in [5, 5.41) is 8.82. The Morgan fingerprint density at radius 2 is 2.25 bits per heavy atom.